The van der Waals surface area contributed by atoms with Gasteiger partial charge in [0.2, 0.25) is 0 Å². The predicted octanol–water partition coefficient (Wildman–Crippen LogP) is 3.93. The van der Waals surface area contributed by atoms with Crippen LogP contribution < -0.4 is 0 Å². The first-order chi connectivity index (χ1) is 8.49. The second-order valence-electron chi connectivity index (χ2n) is 7.97. The van der Waals surface area contributed by atoms with Crippen LogP contribution in [0.5, 0.6) is 0 Å². The van der Waals surface area contributed by atoms with E-state index in [0.717, 1.165) is 41.7 Å². The summed E-state index contributed by atoms with van der Waals surface area (Å²) in [5.74, 6) is 5.14. The maximum atomic E-state index is 2.55. The molecule has 0 bridgehead atoms. The Hall–Kier alpha value is -0.0400. The van der Waals surface area contributed by atoms with Crippen LogP contribution in [0.3, 0.4) is 0 Å². The van der Waals surface area contributed by atoms with Crippen molar-refractivity contribution in [3.8, 4) is 0 Å². The molecule has 0 spiro atoms. The van der Waals surface area contributed by atoms with Crippen molar-refractivity contribution in [2.75, 3.05) is 13.6 Å². The highest BCUT2D eigenvalue weighted by molar-refractivity contribution is 4.98. The lowest BCUT2D eigenvalue weighted by molar-refractivity contribution is -0.834. The smallest absolute Gasteiger partial charge is 0.136 e. The van der Waals surface area contributed by atoms with Crippen molar-refractivity contribution in [1.82, 2.24) is 0 Å². The van der Waals surface area contributed by atoms with Crippen LogP contribution in [0.1, 0.15) is 53.4 Å². The van der Waals surface area contributed by atoms with Gasteiger partial charge in [0.15, 0.2) is 0 Å². The van der Waals surface area contributed by atoms with Gasteiger partial charge in [-0.25, -0.2) is 0 Å². The van der Waals surface area contributed by atoms with Gasteiger partial charge in [-0.15, -0.1) is 0 Å². The highest BCUT2D eigenvalue weighted by atomic mass is 15.5. The first kappa shape index (κ1) is 13.0. The summed E-state index contributed by atoms with van der Waals surface area (Å²) in [6.45, 7) is 11.4. The van der Waals surface area contributed by atoms with E-state index in [1.807, 2.05) is 0 Å². The Morgan fingerprint density at radius 1 is 1.00 bits per heavy atom. The molecule has 3 aliphatic rings. The topological polar surface area (TPSA) is 0 Å². The van der Waals surface area contributed by atoms with E-state index < -0.39 is 0 Å². The van der Waals surface area contributed by atoms with E-state index in [1.165, 1.54) is 36.7 Å². The lowest BCUT2D eigenvalue weighted by atomic mass is 9.61. The van der Waals surface area contributed by atoms with E-state index in [0.29, 0.717) is 0 Å². The minimum absolute atomic E-state index is 0.947. The summed E-state index contributed by atoms with van der Waals surface area (Å²) in [7, 11) is 2.50. The van der Waals surface area contributed by atoms with Crippen molar-refractivity contribution in [2.45, 2.75) is 65.5 Å². The third kappa shape index (κ3) is 1.69. The minimum Gasteiger partial charge on any atom is -0.312 e. The summed E-state index contributed by atoms with van der Waals surface area (Å²) < 4.78 is 1.40. The van der Waals surface area contributed by atoms with Crippen LogP contribution in [0.2, 0.25) is 0 Å². The number of rotatable bonds is 3. The fourth-order valence-electron chi connectivity index (χ4n) is 5.59. The molecule has 0 N–H and O–H groups in total. The minimum atomic E-state index is 0.947. The average molecular weight is 250 g/mol. The van der Waals surface area contributed by atoms with Crippen molar-refractivity contribution < 1.29 is 4.48 Å². The number of nitrogens with zero attached hydrogens (tertiary/aromatic N) is 1. The summed E-state index contributed by atoms with van der Waals surface area (Å²) in [6.07, 6.45) is 5.99. The molecule has 0 amide bonds. The molecule has 2 aliphatic carbocycles. The fraction of sp³-hybridized carbons (Fsp3) is 1.00. The van der Waals surface area contributed by atoms with Gasteiger partial charge in [0.05, 0.1) is 13.1 Å². The van der Waals surface area contributed by atoms with Crippen LogP contribution in [0.25, 0.3) is 0 Å². The van der Waals surface area contributed by atoms with E-state index in [1.54, 1.807) is 0 Å². The van der Waals surface area contributed by atoms with Crippen molar-refractivity contribution in [1.29, 1.82) is 0 Å². The Kier molecular flexibility index (Phi) is 3.05. The second-order valence-corrected chi connectivity index (χ2v) is 7.97. The zero-order valence-electron chi connectivity index (χ0n) is 13.0. The molecule has 1 heterocycles. The number of hydrogen-bond donors (Lipinski definition) is 0. The summed E-state index contributed by atoms with van der Waals surface area (Å²) in [4.78, 5) is 0. The van der Waals surface area contributed by atoms with Gasteiger partial charge in [-0.1, -0.05) is 27.2 Å². The number of hydrogen-bond acceptors (Lipinski definition) is 0. The van der Waals surface area contributed by atoms with Gasteiger partial charge in [0.25, 0.3) is 0 Å². The van der Waals surface area contributed by atoms with Crippen molar-refractivity contribution in [3.63, 3.8) is 0 Å². The SMILES string of the molecule is CCC1CCC(C2CC([N+]3(C)C[C@@H]3C)C2C)C1C. The molecule has 3 fully saturated rings. The summed E-state index contributed by atoms with van der Waals surface area (Å²) in [5, 5.41) is 0. The maximum absolute atomic E-state index is 2.55. The van der Waals surface area contributed by atoms with Gasteiger partial charge in [-0.2, -0.15) is 0 Å². The third-order valence-electron chi connectivity index (χ3n) is 7.45. The predicted molar refractivity (Wildman–Crippen MR) is 77.2 cm³/mol. The van der Waals surface area contributed by atoms with Gasteiger partial charge >= 0.3 is 0 Å². The summed E-state index contributed by atoms with van der Waals surface area (Å²) in [6, 6.07) is 1.95. The van der Waals surface area contributed by atoms with Gasteiger partial charge in [0, 0.05) is 12.3 Å². The van der Waals surface area contributed by atoms with Crippen LogP contribution in [0, 0.1) is 29.6 Å². The maximum Gasteiger partial charge on any atom is 0.136 e. The highest BCUT2D eigenvalue weighted by Crippen LogP contribution is 2.55. The Morgan fingerprint density at radius 3 is 2.11 bits per heavy atom. The lowest BCUT2D eigenvalue weighted by Crippen LogP contribution is -2.55. The first-order valence-electron chi connectivity index (χ1n) is 8.34. The van der Waals surface area contributed by atoms with E-state index in [-0.39, 0.29) is 0 Å². The average Bonchev–Trinajstić information content (AvgIpc) is 2.76. The number of likely N-dealkylation sites (N-methyl/N-ethyl adjacent to an activating group) is 1. The van der Waals surface area contributed by atoms with E-state index in [2.05, 4.69) is 34.7 Å². The molecule has 18 heavy (non-hydrogen) atoms. The van der Waals surface area contributed by atoms with Gasteiger partial charge < -0.3 is 4.48 Å². The largest absolute Gasteiger partial charge is 0.312 e. The fourth-order valence-corrected chi connectivity index (χ4v) is 5.59. The van der Waals surface area contributed by atoms with E-state index in [9.17, 15) is 0 Å². The molecule has 8 atom stereocenters. The molecular weight excluding hydrogens is 218 g/mol. The molecule has 0 aromatic rings. The molecule has 1 aliphatic heterocycles. The molecule has 0 aromatic carbocycles. The molecular formula is C17H32N+. The molecule has 0 radical (unpaired) electrons. The van der Waals surface area contributed by atoms with Crippen LogP contribution in [0.15, 0.2) is 0 Å². The number of quaternary nitrogens is 1. The molecule has 0 aromatic heterocycles. The molecule has 104 valence electrons. The van der Waals surface area contributed by atoms with Crippen LogP contribution >= 0.6 is 0 Å². The molecule has 1 heteroatoms. The Morgan fingerprint density at radius 2 is 1.67 bits per heavy atom. The Balaban J connectivity index is 1.61. The van der Waals surface area contributed by atoms with Gasteiger partial charge in [0.1, 0.15) is 12.6 Å². The Bertz CT molecular complexity index is 326. The van der Waals surface area contributed by atoms with Crippen molar-refractivity contribution >= 4 is 0 Å². The van der Waals surface area contributed by atoms with E-state index >= 15 is 0 Å². The van der Waals surface area contributed by atoms with Gasteiger partial charge in [-0.05, 0) is 43.4 Å². The van der Waals surface area contributed by atoms with Gasteiger partial charge in [-0.3, -0.25) is 0 Å². The normalized spacial score (nSPS) is 59.5. The third-order valence-corrected chi connectivity index (χ3v) is 7.45. The standard InChI is InChI=1S/C17H32N/c1-6-14-7-8-15(12(14)3)16-9-17(13(16)4)18(5)10-11(18)2/h11-17H,6-10H2,1-5H3/q+1/t11-,12?,13?,14?,15?,16?,17?,18?/m0/s1. The molecule has 7 unspecified atom stereocenters. The zero-order chi connectivity index (χ0) is 13.1. The quantitative estimate of drug-likeness (QED) is 0.526. The molecule has 3 rings (SSSR count). The van der Waals surface area contributed by atoms with Crippen molar-refractivity contribution in [3.05, 3.63) is 0 Å². The summed E-state index contributed by atoms with van der Waals surface area (Å²) in [5.41, 5.74) is 0. The molecule has 1 nitrogen and oxygen atoms in total. The first-order valence-corrected chi connectivity index (χ1v) is 8.34. The second kappa shape index (κ2) is 4.23. The lowest BCUT2D eigenvalue weighted by Gasteiger charge is -2.49. The van der Waals surface area contributed by atoms with E-state index in [4.69, 9.17) is 0 Å². The van der Waals surface area contributed by atoms with Crippen molar-refractivity contribution in [2.24, 2.45) is 29.6 Å². The van der Waals surface area contributed by atoms with Crippen LogP contribution in [-0.2, 0) is 0 Å². The summed E-state index contributed by atoms with van der Waals surface area (Å²) >= 11 is 0. The van der Waals surface area contributed by atoms with Crippen LogP contribution in [0.4, 0.5) is 0 Å². The molecule has 2 saturated carbocycles. The Labute approximate surface area is 114 Å². The monoisotopic (exact) mass is 250 g/mol. The highest BCUT2D eigenvalue weighted by Gasteiger charge is 2.61. The molecule has 1 saturated heterocycles. The zero-order valence-corrected chi connectivity index (χ0v) is 13.0. The van der Waals surface area contributed by atoms with Crippen LogP contribution in [-0.4, -0.2) is 30.2 Å².